The number of rotatable bonds is 4. The molecule has 1 atom stereocenters. The minimum absolute atomic E-state index is 0.0701. The number of nitrogens with zero attached hydrogens (tertiary/aromatic N) is 1. The van der Waals surface area contributed by atoms with E-state index in [1.807, 2.05) is 0 Å². The lowest BCUT2D eigenvalue weighted by atomic mass is 10.1. The molecule has 0 unspecified atom stereocenters. The molecular weight excluding hydrogens is 340 g/mol. The number of carbonyl (C=O) groups is 3. The van der Waals surface area contributed by atoms with E-state index in [9.17, 15) is 14.4 Å². The van der Waals surface area contributed by atoms with Crippen LogP contribution in [-0.2, 0) is 9.59 Å². The van der Waals surface area contributed by atoms with Gasteiger partial charge in [-0.25, -0.2) is 0 Å². The van der Waals surface area contributed by atoms with Crippen molar-refractivity contribution in [2.24, 2.45) is 5.92 Å². The number of hydrogen-bond acceptors (Lipinski definition) is 3. The average Bonchev–Trinajstić information content (AvgIpc) is 2.97. The maximum absolute atomic E-state index is 12.5. The summed E-state index contributed by atoms with van der Waals surface area (Å²) in [7, 11) is 0. The molecule has 1 heterocycles. The molecule has 1 fully saturated rings. The second-order valence-electron chi connectivity index (χ2n) is 6.01. The van der Waals surface area contributed by atoms with Gasteiger partial charge in [-0.1, -0.05) is 29.8 Å². The van der Waals surface area contributed by atoms with E-state index in [2.05, 4.69) is 5.32 Å². The lowest BCUT2D eigenvalue weighted by Crippen LogP contribution is -2.28. The molecule has 0 aromatic heterocycles. The third-order valence-corrected chi connectivity index (χ3v) is 4.39. The highest BCUT2D eigenvalue weighted by Crippen LogP contribution is 2.28. The van der Waals surface area contributed by atoms with E-state index in [4.69, 9.17) is 11.6 Å². The topological polar surface area (TPSA) is 66.5 Å². The largest absolute Gasteiger partial charge is 0.326 e. The van der Waals surface area contributed by atoms with E-state index in [-0.39, 0.29) is 24.0 Å². The maximum Gasteiger partial charge on any atom is 0.229 e. The summed E-state index contributed by atoms with van der Waals surface area (Å²) in [5.74, 6) is -0.870. The van der Waals surface area contributed by atoms with E-state index in [0.717, 1.165) is 0 Å². The van der Waals surface area contributed by atoms with Crippen LogP contribution >= 0.6 is 11.6 Å². The van der Waals surface area contributed by atoms with Gasteiger partial charge in [-0.15, -0.1) is 0 Å². The molecule has 0 saturated carbocycles. The standard InChI is InChI=1S/C19H17ClN2O3/c1-12(23)13-4-2-6-16(8-13)21-19(25)14-9-18(24)22(11-14)17-7-3-5-15(20)10-17/h2-8,10,14H,9,11H2,1H3,(H,21,25)/t14-/m0/s1. The van der Waals surface area contributed by atoms with Crippen molar-refractivity contribution in [1.29, 1.82) is 0 Å². The first-order valence-electron chi connectivity index (χ1n) is 7.92. The second kappa shape index (κ2) is 7.07. The van der Waals surface area contributed by atoms with Crippen molar-refractivity contribution < 1.29 is 14.4 Å². The summed E-state index contributed by atoms with van der Waals surface area (Å²) in [6.45, 7) is 1.77. The second-order valence-corrected chi connectivity index (χ2v) is 6.45. The average molecular weight is 357 g/mol. The number of anilines is 2. The maximum atomic E-state index is 12.5. The van der Waals surface area contributed by atoms with E-state index in [0.29, 0.717) is 28.5 Å². The summed E-state index contributed by atoms with van der Waals surface area (Å²) < 4.78 is 0. The molecule has 5 nitrogen and oxygen atoms in total. The van der Waals surface area contributed by atoms with Crippen molar-refractivity contribution >= 4 is 40.6 Å². The quantitative estimate of drug-likeness (QED) is 0.852. The van der Waals surface area contributed by atoms with Crippen molar-refractivity contribution in [3.63, 3.8) is 0 Å². The molecule has 3 rings (SSSR count). The Morgan fingerprint density at radius 3 is 2.64 bits per heavy atom. The molecule has 0 spiro atoms. The van der Waals surface area contributed by atoms with E-state index >= 15 is 0 Å². The number of halogens is 1. The van der Waals surface area contributed by atoms with Crippen molar-refractivity contribution in [3.05, 3.63) is 59.1 Å². The van der Waals surface area contributed by atoms with Gasteiger partial charge in [0.15, 0.2) is 5.78 Å². The fourth-order valence-electron chi connectivity index (χ4n) is 2.84. The van der Waals surface area contributed by atoms with Gasteiger partial charge in [0, 0.05) is 34.9 Å². The van der Waals surface area contributed by atoms with Gasteiger partial charge in [-0.2, -0.15) is 0 Å². The van der Waals surface area contributed by atoms with E-state index < -0.39 is 5.92 Å². The molecule has 25 heavy (non-hydrogen) atoms. The SMILES string of the molecule is CC(=O)c1cccc(NC(=O)[C@H]2CC(=O)N(c3cccc(Cl)c3)C2)c1. The summed E-state index contributed by atoms with van der Waals surface area (Å²) >= 11 is 5.97. The van der Waals surface area contributed by atoms with Crippen LogP contribution in [0.4, 0.5) is 11.4 Å². The zero-order valence-corrected chi connectivity index (χ0v) is 14.4. The summed E-state index contributed by atoms with van der Waals surface area (Å²) in [6.07, 6.45) is 0.144. The molecular formula is C19H17ClN2O3. The van der Waals surface area contributed by atoms with Gasteiger partial charge in [0.25, 0.3) is 0 Å². The molecule has 0 bridgehead atoms. The van der Waals surface area contributed by atoms with Crippen LogP contribution in [0, 0.1) is 5.92 Å². The van der Waals surface area contributed by atoms with Crippen molar-refractivity contribution in [2.45, 2.75) is 13.3 Å². The zero-order valence-electron chi connectivity index (χ0n) is 13.7. The highest BCUT2D eigenvalue weighted by atomic mass is 35.5. The Labute approximate surface area is 150 Å². The molecule has 1 aliphatic heterocycles. The zero-order chi connectivity index (χ0) is 18.0. The van der Waals surface area contributed by atoms with Gasteiger partial charge in [0.1, 0.15) is 0 Å². The Kier molecular flexibility index (Phi) is 4.86. The first-order valence-corrected chi connectivity index (χ1v) is 8.29. The van der Waals surface area contributed by atoms with Crippen LogP contribution in [-0.4, -0.2) is 24.1 Å². The molecule has 2 aromatic carbocycles. The predicted octanol–water partition coefficient (Wildman–Crippen LogP) is 3.53. The Bertz CT molecular complexity index is 850. The van der Waals surface area contributed by atoms with Crippen molar-refractivity contribution in [3.8, 4) is 0 Å². The minimum atomic E-state index is -0.451. The van der Waals surface area contributed by atoms with Crippen LogP contribution < -0.4 is 10.2 Å². The Morgan fingerprint density at radius 2 is 1.92 bits per heavy atom. The summed E-state index contributed by atoms with van der Waals surface area (Å²) in [5, 5.41) is 3.33. The van der Waals surface area contributed by atoms with Crippen LogP contribution in [0.1, 0.15) is 23.7 Å². The van der Waals surface area contributed by atoms with Gasteiger partial charge in [0.2, 0.25) is 11.8 Å². The van der Waals surface area contributed by atoms with Gasteiger partial charge in [-0.05, 0) is 37.3 Å². The van der Waals surface area contributed by atoms with Gasteiger partial charge >= 0.3 is 0 Å². The lowest BCUT2D eigenvalue weighted by Gasteiger charge is -2.17. The van der Waals surface area contributed by atoms with Crippen molar-refractivity contribution in [2.75, 3.05) is 16.8 Å². The van der Waals surface area contributed by atoms with Gasteiger partial charge < -0.3 is 10.2 Å². The molecule has 1 N–H and O–H groups in total. The molecule has 2 aromatic rings. The van der Waals surface area contributed by atoms with Crippen molar-refractivity contribution in [1.82, 2.24) is 0 Å². The van der Waals surface area contributed by atoms with E-state index in [1.54, 1.807) is 53.4 Å². The number of benzene rings is 2. The summed E-state index contributed by atoms with van der Waals surface area (Å²) in [4.78, 5) is 37.7. The number of hydrogen-bond donors (Lipinski definition) is 1. The Morgan fingerprint density at radius 1 is 1.16 bits per heavy atom. The summed E-state index contributed by atoms with van der Waals surface area (Å²) in [5.41, 5.74) is 1.76. The van der Waals surface area contributed by atoms with Crippen LogP contribution in [0.5, 0.6) is 0 Å². The first-order chi connectivity index (χ1) is 11.9. The highest BCUT2D eigenvalue weighted by Gasteiger charge is 2.35. The van der Waals surface area contributed by atoms with E-state index in [1.165, 1.54) is 6.92 Å². The lowest BCUT2D eigenvalue weighted by molar-refractivity contribution is -0.122. The number of Topliss-reactive ketones (excluding diaryl/α,β-unsaturated/α-hetero) is 1. The van der Waals surface area contributed by atoms with Gasteiger partial charge in [-0.3, -0.25) is 14.4 Å². The number of carbonyl (C=O) groups excluding carboxylic acids is 3. The minimum Gasteiger partial charge on any atom is -0.326 e. The molecule has 6 heteroatoms. The van der Waals surface area contributed by atoms with Crippen LogP contribution in [0.3, 0.4) is 0 Å². The number of amides is 2. The summed E-state index contributed by atoms with van der Waals surface area (Å²) in [6, 6.07) is 13.8. The molecule has 0 radical (unpaired) electrons. The first kappa shape index (κ1) is 17.2. The molecule has 1 aliphatic rings. The predicted molar refractivity (Wildman–Crippen MR) is 97.0 cm³/mol. The third-order valence-electron chi connectivity index (χ3n) is 4.15. The van der Waals surface area contributed by atoms with Crippen LogP contribution in [0.25, 0.3) is 0 Å². The molecule has 0 aliphatic carbocycles. The third kappa shape index (κ3) is 3.88. The smallest absolute Gasteiger partial charge is 0.229 e. The van der Waals surface area contributed by atoms with Crippen LogP contribution in [0.2, 0.25) is 5.02 Å². The van der Waals surface area contributed by atoms with Crippen LogP contribution in [0.15, 0.2) is 48.5 Å². The molecule has 1 saturated heterocycles. The Hall–Kier alpha value is -2.66. The fraction of sp³-hybridized carbons (Fsp3) is 0.211. The normalized spacial score (nSPS) is 16.8. The van der Waals surface area contributed by atoms with Gasteiger partial charge in [0.05, 0.1) is 5.92 Å². The number of ketones is 1. The highest BCUT2D eigenvalue weighted by molar-refractivity contribution is 6.31. The molecule has 128 valence electrons. The number of nitrogens with one attached hydrogen (secondary N) is 1. The fourth-order valence-corrected chi connectivity index (χ4v) is 3.02. The Balaban J connectivity index is 1.71. The molecule has 2 amide bonds. The monoisotopic (exact) mass is 356 g/mol.